The predicted octanol–water partition coefficient (Wildman–Crippen LogP) is 3.73. The molecule has 2 aromatic carbocycles. The van der Waals surface area contributed by atoms with Gasteiger partial charge in [-0.2, -0.15) is 0 Å². The number of benzene rings is 2. The van der Waals surface area contributed by atoms with Crippen molar-refractivity contribution in [3.8, 4) is 0 Å². The summed E-state index contributed by atoms with van der Waals surface area (Å²) in [7, 11) is 0. The van der Waals surface area contributed by atoms with Crippen molar-refractivity contribution in [2.45, 2.75) is 5.75 Å². The van der Waals surface area contributed by atoms with E-state index < -0.39 is 0 Å². The molecule has 3 N–H and O–H groups in total. The third kappa shape index (κ3) is 2.39. The molecule has 2 aromatic rings. The first-order valence-electron chi connectivity index (χ1n) is 4.81. The monoisotopic (exact) mass is 294 g/mol. The van der Waals surface area contributed by atoms with Crippen LogP contribution in [0.3, 0.4) is 0 Å². The fraction of sp³-hybridized carbons (Fsp3) is 0.0833. The fourth-order valence-corrected chi connectivity index (χ4v) is 2.92. The summed E-state index contributed by atoms with van der Waals surface area (Å²) in [6, 6.07) is 12.4. The average molecular weight is 295 g/mol. The van der Waals surface area contributed by atoms with Crippen molar-refractivity contribution >= 4 is 43.6 Å². The van der Waals surface area contributed by atoms with Gasteiger partial charge in [0.15, 0.2) is 5.17 Å². The first kappa shape index (κ1) is 11.5. The predicted molar refractivity (Wildman–Crippen MR) is 74.9 cm³/mol. The first-order chi connectivity index (χ1) is 7.68. The molecule has 0 fully saturated rings. The molecule has 0 unspecified atom stereocenters. The molecule has 0 atom stereocenters. The Morgan fingerprint density at radius 1 is 1.25 bits per heavy atom. The first-order valence-corrected chi connectivity index (χ1v) is 6.59. The molecule has 2 nitrogen and oxygen atoms in total. The van der Waals surface area contributed by atoms with Crippen LogP contribution in [0, 0.1) is 5.41 Å². The van der Waals surface area contributed by atoms with Crippen LogP contribution in [0.25, 0.3) is 10.8 Å². The Labute approximate surface area is 107 Å². The lowest BCUT2D eigenvalue weighted by Crippen LogP contribution is -2.03. The molecule has 16 heavy (non-hydrogen) atoms. The highest BCUT2D eigenvalue weighted by Gasteiger charge is 2.05. The molecule has 82 valence electrons. The molecule has 0 bridgehead atoms. The Balaban J connectivity index is 2.40. The van der Waals surface area contributed by atoms with E-state index >= 15 is 0 Å². The van der Waals surface area contributed by atoms with E-state index in [1.165, 1.54) is 28.1 Å². The number of hydrogen-bond acceptors (Lipinski definition) is 2. The number of fused-ring (bicyclic) bond motifs is 1. The van der Waals surface area contributed by atoms with Gasteiger partial charge in [-0.15, -0.1) is 0 Å². The third-order valence-corrected chi connectivity index (χ3v) is 4.03. The Hall–Kier alpha value is -1.00. The van der Waals surface area contributed by atoms with E-state index in [0.717, 1.165) is 10.2 Å². The van der Waals surface area contributed by atoms with Gasteiger partial charge >= 0.3 is 0 Å². The Morgan fingerprint density at radius 2 is 2.00 bits per heavy atom. The van der Waals surface area contributed by atoms with E-state index in [1.807, 2.05) is 12.1 Å². The van der Waals surface area contributed by atoms with Crippen molar-refractivity contribution in [1.82, 2.24) is 0 Å². The van der Waals surface area contributed by atoms with Gasteiger partial charge in [0.1, 0.15) is 0 Å². The zero-order valence-corrected chi connectivity index (χ0v) is 10.9. The van der Waals surface area contributed by atoms with Crippen molar-refractivity contribution in [1.29, 1.82) is 5.41 Å². The Bertz CT molecular complexity index is 540. The van der Waals surface area contributed by atoms with Gasteiger partial charge < -0.3 is 5.73 Å². The van der Waals surface area contributed by atoms with Gasteiger partial charge in [0, 0.05) is 10.2 Å². The smallest absolute Gasteiger partial charge is 0.151 e. The second-order valence-corrected chi connectivity index (χ2v) is 5.22. The van der Waals surface area contributed by atoms with E-state index in [4.69, 9.17) is 11.1 Å². The lowest BCUT2D eigenvalue weighted by Gasteiger charge is -2.07. The highest BCUT2D eigenvalue weighted by atomic mass is 79.9. The van der Waals surface area contributed by atoms with Crippen molar-refractivity contribution < 1.29 is 0 Å². The molecular formula is C12H11BrN2S. The maximum atomic E-state index is 7.20. The van der Waals surface area contributed by atoms with Gasteiger partial charge in [0.2, 0.25) is 0 Å². The summed E-state index contributed by atoms with van der Waals surface area (Å²) in [5.74, 6) is 0.723. The fourth-order valence-electron chi connectivity index (χ4n) is 1.55. The van der Waals surface area contributed by atoms with Gasteiger partial charge in [0.05, 0.1) is 0 Å². The van der Waals surface area contributed by atoms with Crippen LogP contribution < -0.4 is 5.73 Å². The van der Waals surface area contributed by atoms with E-state index in [2.05, 4.69) is 40.2 Å². The molecule has 0 amide bonds. The summed E-state index contributed by atoms with van der Waals surface area (Å²) in [4.78, 5) is 0. The van der Waals surface area contributed by atoms with E-state index in [-0.39, 0.29) is 5.17 Å². The van der Waals surface area contributed by atoms with E-state index in [1.54, 1.807) is 0 Å². The number of nitrogens with one attached hydrogen (secondary N) is 1. The van der Waals surface area contributed by atoms with Crippen LogP contribution in [0.4, 0.5) is 0 Å². The molecule has 0 aliphatic rings. The SMILES string of the molecule is N=C(N)SCc1ccc2ccccc2c1Br. The molecule has 0 saturated carbocycles. The van der Waals surface area contributed by atoms with Crippen molar-refractivity contribution in [3.05, 3.63) is 46.4 Å². The standard InChI is InChI=1S/C12H11BrN2S/c13-11-9(7-16-12(14)15)6-5-8-3-1-2-4-10(8)11/h1-6H,7H2,(H3,14,15). The van der Waals surface area contributed by atoms with Crippen LogP contribution in [-0.2, 0) is 5.75 Å². The zero-order valence-electron chi connectivity index (χ0n) is 8.53. The average Bonchev–Trinajstić information content (AvgIpc) is 2.28. The lowest BCUT2D eigenvalue weighted by atomic mass is 10.1. The third-order valence-electron chi connectivity index (χ3n) is 2.33. The van der Waals surface area contributed by atoms with E-state index in [0.29, 0.717) is 0 Å². The lowest BCUT2D eigenvalue weighted by molar-refractivity contribution is 1.41. The van der Waals surface area contributed by atoms with E-state index in [9.17, 15) is 0 Å². The van der Waals surface area contributed by atoms with Crippen molar-refractivity contribution in [2.24, 2.45) is 5.73 Å². The summed E-state index contributed by atoms with van der Waals surface area (Å²) in [6.45, 7) is 0. The van der Waals surface area contributed by atoms with Crippen LogP contribution in [0.5, 0.6) is 0 Å². The van der Waals surface area contributed by atoms with Crippen molar-refractivity contribution in [3.63, 3.8) is 0 Å². The minimum absolute atomic E-state index is 0.153. The van der Waals surface area contributed by atoms with Crippen molar-refractivity contribution in [2.75, 3.05) is 0 Å². The van der Waals surface area contributed by atoms with Crippen LogP contribution in [-0.4, -0.2) is 5.17 Å². The normalized spacial score (nSPS) is 10.6. The highest BCUT2D eigenvalue weighted by Crippen LogP contribution is 2.29. The molecule has 0 aromatic heterocycles. The van der Waals surface area contributed by atoms with Crippen LogP contribution in [0.15, 0.2) is 40.9 Å². The maximum Gasteiger partial charge on any atom is 0.151 e. The summed E-state index contributed by atoms with van der Waals surface area (Å²) in [6.07, 6.45) is 0. The summed E-state index contributed by atoms with van der Waals surface area (Å²) in [5, 5.41) is 9.77. The molecule has 2 rings (SSSR count). The summed E-state index contributed by atoms with van der Waals surface area (Å²) in [5.41, 5.74) is 6.50. The molecule has 0 aliphatic heterocycles. The van der Waals surface area contributed by atoms with Gasteiger partial charge in [-0.25, -0.2) is 0 Å². The number of halogens is 1. The maximum absolute atomic E-state index is 7.20. The zero-order chi connectivity index (χ0) is 11.5. The van der Waals surface area contributed by atoms with Crippen LogP contribution in [0.1, 0.15) is 5.56 Å². The van der Waals surface area contributed by atoms with Gasteiger partial charge in [-0.1, -0.05) is 48.2 Å². The highest BCUT2D eigenvalue weighted by molar-refractivity contribution is 9.10. The summed E-state index contributed by atoms with van der Waals surface area (Å²) >= 11 is 4.95. The number of hydrogen-bond donors (Lipinski definition) is 2. The number of amidine groups is 1. The Kier molecular flexibility index (Phi) is 3.51. The quantitative estimate of drug-likeness (QED) is 0.655. The molecule has 0 saturated heterocycles. The molecular weight excluding hydrogens is 284 g/mol. The number of thioether (sulfide) groups is 1. The topological polar surface area (TPSA) is 49.9 Å². The second kappa shape index (κ2) is 4.89. The summed E-state index contributed by atoms with van der Waals surface area (Å²) < 4.78 is 1.10. The number of nitrogens with two attached hydrogens (primary N) is 1. The molecule has 0 heterocycles. The number of rotatable bonds is 2. The van der Waals surface area contributed by atoms with Crippen LogP contribution >= 0.6 is 27.7 Å². The largest absolute Gasteiger partial charge is 0.379 e. The van der Waals surface area contributed by atoms with Gasteiger partial charge in [-0.3, -0.25) is 5.41 Å². The minimum Gasteiger partial charge on any atom is -0.379 e. The molecule has 0 radical (unpaired) electrons. The molecule has 0 spiro atoms. The van der Waals surface area contributed by atoms with Gasteiger partial charge in [0.25, 0.3) is 0 Å². The van der Waals surface area contributed by atoms with Crippen LogP contribution in [0.2, 0.25) is 0 Å². The molecule has 4 heteroatoms. The van der Waals surface area contributed by atoms with Gasteiger partial charge in [-0.05, 0) is 32.3 Å². The second-order valence-electron chi connectivity index (χ2n) is 3.41. The minimum atomic E-state index is 0.153. The molecule has 0 aliphatic carbocycles. The Morgan fingerprint density at radius 3 is 2.75 bits per heavy atom.